The molecule has 0 aliphatic heterocycles. The predicted molar refractivity (Wildman–Crippen MR) is 58.3 cm³/mol. The highest BCUT2D eigenvalue weighted by Crippen LogP contribution is 2.35. The van der Waals surface area contributed by atoms with Gasteiger partial charge in [0.2, 0.25) is 0 Å². The minimum absolute atomic E-state index is 0.103. The average molecular weight is 214 g/mol. The van der Waals surface area contributed by atoms with Gasteiger partial charge in [0.1, 0.15) is 6.10 Å². The molecule has 0 heterocycles. The number of hydrogen-bond acceptors (Lipinski definition) is 3. The van der Waals surface area contributed by atoms with Crippen molar-refractivity contribution in [1.82, 2.24) is 0 Å². The Morgan fingerprint density at radius 3 is 2.47 bits per heavy atom. The van der Waals surface area contributed by atoms with Gasteiger partial charge in [0.25, 0.3) is 0 Å². The highest BCUT2D eigenvalue weighted by molar-refractivity contribution is 5.66. The summed E-state index contributed by atoms with van der Waals surface area (Å²) in [7, 11) is 0. The van der Waals surface area contributed by atoms with Gasteiger partial charge >= 0.3 is 5.97 Å². The van der Waals surface area contributed by atoms with Gasteiger partial charge in [-0.1, -0.05) is 20.8 Å². The third-order valence-corrected chi connectivity index (χ3v) is 3.43. The van der Waals surface area contributed by atoms with Crippen molar-refractivity contribution in [3.63, 3.8) is 0 Å². The van der Waals surface area contributed by atoms with Crippen LogP contribution in [0.2, 0.25) is 0 Å². The van der Waals surface area contributed by atoms with Crippen LogP contribution in [0.25, 0.3) is 0 Å². The summed E-state index contributed by atoms with van der Waals surface area (Å²) in [6, 6.07) is 0. The van der Waals surface area contributed by atoms with E-state index in [1.807, 2.05) is 0 Å². The summed E-state index contributed by atoms with van der Waals surface area (Å²) in [6.07, 6.45) is 1.10. The fourth-order valence-corrected chi connectivity index (χ4v) is 2.43. The van der Waals surface area contributed by atoms with Crippen LogP contribution in [0, 0.1) is 17.8 Å². The first-order chi connectivity index (χ1) is 6.91. The lowest BCUT2D eigenvalue weighted by molar-refractivity contribution is -0.156. The van der Waals surface area contributed by atoms with Crippen LogP contribution in [0.4, 0.5) is 0 Å². The van der Waals surface area contributed by atoms with Crippen molar-refractivity contribution >= 4 is 5.97 Å². The lowest BCUT2D eigenvalue weighted by Gasteiger charge is -2.39. The number of carbonyl (C=O) groups excluding carboxylic acids is 1. The van der Waals surface area contributed by atoms with Gasteiger partial charge in [0.05, 0.1) is 6.10 Å². The molecule has 1 aliphatic rings. The summed E-state index contributed by atoms with van der Waals surface area (Å²) >= 11 is 0. The minimum atomic E-state index is -0.329. The molecule has 0 radical (unpaired) electrons. The second kappa shape index (κ2) is 4.97. The number of hydrogen-bond donors (Lipinski definition) is 1. The molecule has 0 bridgehead atoms. The Morgan fingerprint density at radius 1 is 1.40 bits per heavy atom. The quantitative estimate of drug-likeness (QED) is 0.715. The normalized spacial score (nSPS) is 36.7. The molecule has 88 valence electrons. The summed E-state index contributed by atoms with van der Waals surface area (Å²) in [5.41, 5.74) is 0. The minimum Gasteiger partial charge on any atom is -0.462 e. The first-order valence-corrected chi connectivity index (χ1v) is 5.77. The van der Waals surface area contributed by atoms with Crippen molar-refractivity contribution in [3.8, 4) is 0 Å². The lowest BCUT2D eigenvalue weighted by atomic mass is 9.73. The summed E-state index contributed by atoms with van der Waals surface area (Å²) in [5, 5.41) is 9.77. The number of ether oxygens (including phenoxy) is 1. The number of rotatable bonds is 2. The third-order valence-electron chi connectivity index (χ3n) is 3.43. The predicted octanol–water partition coefficient (Wildman–Crippen LogP) is 1.98. The maximum absolute atomic E-state index is 11.0. The molecule has 4 atom stereocenters. The van der Waals surface area contributed by atoms with Gasteiger partial charge in [0, 0.05) is 13.3 Å². The molecule has 0 unspecified atom stereocenters. The van der Waals surface area contributed by atoms with E-state index in [-0.39, 0.29) is 18.2 Å². The van der Waals surface area contributed by atoms with Crippen LogP contribution in [0.1, 0.15) is 40.5 Å². The van der Waals surface area contributed by atoms with Crippen molar-refractivity contribution in [3.05, 3.63) is 0 Å². The summed E-state index contributed by atoms with van der Waals surface area (Å²) in [4.78, 5) is 11.0. The summed E-state index contributed by atoms with van der Waals surface area (Å²) in [5.74, 6) is 0.938. The van der Waals surface area contributed by atoms with Gasteiger partial charge in [-0.15, -0.1) is 0 Å². The Kier molecular flexibility index (Phi) is 4.14. The molecule has 0 spiro atoms. The van der Waals surface area contributed by atoms with Crippen molar-refractivity contribution in [2.75, 3.05) is 0 Å². The van der Waals surface area contributed by atoms with Gasteiger partial charge in [-0.05, 0) is 24.2 Å². The number of carbonyl (C=O) groups is 1. The Morgan fingerprint density at radius 2 is 2.00 bits per heavy atom. The maximum atomic E-state index is 11.0. The highest BCUT2D eigenvalue weighted by Gasteiger charge is 2.37. The van der Waals surface area contributed by atoms with E-state index in [4.69, 9.17) is 4.74 Å². The van der Waals surface area contributed by atoms with E-state index in [2.05, 4.69) is 20.8 Å². The van der Waals surface area contributed by atoms with Crippen molar-refractivity contribution < 1.29 is 14.6 Å². The monoisotopic (exact) mass is 214 g/mol. The standard InChI is InChI=1S/C12H22O3/c1-7(2)10-5-8(3)11(14)6-12(10)15-9(4)13/h7-8,10-12,14H,5-6H2,1-4H3/t8-,10-,11+,12+/m0/s1. The molecule has 3 nitrogen and oxygen atoms in total. The van der Waals surface area contributed by atoms with Crippen LogP contribution in [0.3, 0.4) is 0 Å². The average Bonchev–Trinajstić information content (AvgIpc) is 2.09. The van der Waals surface area contributed by atoms with E-state index in [1.54, 1.807) is 0 Å². The summed E-state index contributed by atoms with van der Waals surface area (Å²) in [6.45, 7) is 7.78. The zero-order valence-corrected chi connectivity index (χ0v) is 10.1. The molecule has 1 saturated carbocycles. The molecular formula is C12H22O3. The third kappa shape index (κ3) is 3.20. The molecule has 0 aromatic heterocycles. The second-order valence-corrected chi connectivity index (χ2v) is 5.07. The van der Waals surface area contributed by atoms with Crippen LogP contribution in [-0.2, 0) is 9.53 Å². The highest BCUT2D eigenvalue weighted by atomic mass is 16.5. The van der Waals surface area contributed by atoms with E-state index in [1.165, 1.54) is 6.92 Å². The fraction of sp³-hybridized carbons (Fsp3) is 0.917. The Labute approximate surface area is 91.8 Å². The molecular weight excluding hydrogens is 192 g/mol. The SMILES string of the molecule is CC(=O)O[C@@H]1C[C@@H](O)[C@@H](C)C[C@H]1C(C)C. The van der Waals surface area contributed by atoms with Crippen molar-refractivity contribution in [1.29, 1.82) is 0 Å². The van der Waals surface area contributed by atoms with E-state index in [0.29, 0.717) is 24.2 Å². The van der Waals surface area contributed by atoms with Crippen molar-refractivity contribution in [2.45, 2.75) is 52.7 Å². The second-order valence-electron chi connectivity index (χ2n) is 5.07. The van der Waals surface area contributed by atoms with Crippen LogP contribution < -0.4 is 0 Å². The molecule has 1 aliphatic carbocycles. The van der Waals surface area contributed by atoms with E-state index in [9.17, 15) is 9.90 Å². The maximum Gasteiger partial charge on any atom is 0.302 e. The van der Waals surface area contributed by atoms with E-state index < -0.39 is 0 Å². The van der Waals surface area contributed by atoms with Crippen LogP contribution in [0.15, 0.2) is 0 Å². The zero-order valence-electron chi connectivity index (χ0n) is 10.1. The number of esters is 1. The zero-order chi connectivity index (χ0) is 11.6. The molecule has 0 saturated heterocycles. The molecule has 1 rings (SSSR count). The molecule has 1 fully saturated rings. The van der Waals surface area contributed by atoms with Gasteiger partial charge < -0.3 is 9.84 Å². The Balaban J connectivity index is 2.67. The first-order valence-electron chi connectivity index (χ1n) is 5.77. The molecule has 1 N–H and O–H groups in total. The Hall–Kier alpha value is -0.570. The van der Waals surface area contributed by atoms with E-state index in [0.717, 1.165) is 6.42 Å². The van der Waals surface area contributed by atoms with Gasteiger partial charge in [-0.2, -0.15) is 0 Å². The smallest absolute Gasteiger partial charge is 0.302 e. The molecule has 3 heteroatoms. The van der Waals surface area contributed by atoms with Gasteiger partial charge in [0.15, 0.2) is 0 Å². The van der Waals surface area contributed by atoms with E-state index >= 15 is 0 Å². The van der Waals surface area contributed by atoms with Crippen LogP contribution in [-0.4, -0.2) is 23.3 Å². The first kappa shape index (κ1) is 12.5. The molecule has 15 heavy (non-hydrogen) atoms. The number of aliphatic hydroxyl groups excluding tert-OH is 1. The molecule has 0 aromatic rings. The van der Waals surface area contributed by atoms with Gasteiger partial charge in [-0.3, -0.25) is 4.79 Å². The molecule has 0 aromatic carbocycles. The van der Waals surface area contributed by atoms with Crippen LogP contribution in [0.5, 0.6) is 0 Å². The fourth-order valence-electron chi connectivity index (χ4n) is 2.43. The number of aliphatic hydroxyl groups is 1. The largest absolute Gasteiger partial charge is 0.462 e. The van der Waals surface area contributed by atoms with Gasteiger partial charge in [-0.25, -0.2) is 0 Å². The molecule has 0 amide bonds. The van der Waals surface area contributed by atoms with Crippen molar-refractivity contribution in [2.24, 2.45) is 17.8 Å². The van der Waals surface area contributed by atoms with Crippen LogP contribution >= 0.6 is 0 Å². The topological polar surface area (TPSA) is 46.5 Å². The summed E-state index contributed by atoms with van der Waals surface area (Å²) < 4.78 is 5.28. The Bertz CT molecular complexity index is 225. The lowest BCUT2D eigenvalue weighted by Crippen LogP contribution is -2.41.